The van der Waals surface area contributed by atoms with Crippen LogP contribution in [0.3, 0.4) is 0 Å². The molecule has 5 heteroatoms. The highest BCUT2D eigenvalue weighted by Crippen LogP contribution is 2.14. The second-order valence-electron chi connectivity index (χ2n) is 3.85. The molecule has 0 atom stereocenters. The highest BCUT2D eigenvalue weighted by Gasteiger charge is 2.15. The minimum Gasteiger partial charge on any atom is -0.310 e. The largest absolute Gasteiger partial charge is 0.310 e. The van der Waals surface area contributed by atoms with Crippen LogP contribution >= 0.6 is 0 Å². The van der Waals surface area contributed by atoms with Crippen LogP contribution < -0.4 is 10.0 Å². The summed E-state index contributed by atoms with van der Waals surface area (Å²) in [6, 6.07) is 7.32. The minimum atomic E-state index is -3.37. The molecule has 4 nitrogen and oxygen atoms in total. The van der Waals surface area contributed by atoms with Crippen molar-refractivity contribution < 1.29 is 8.42 Å². The van der Waals surface area contributed by atoms with Crippen molar-refractivity contribution in [1.29, 1.82) is 0 Å². The fraction of sp³-hybridized carbons (Fsp3) is 0.455. The van der Waals surface area contributed by atoms with Crippen molar-refractivity contribution in [2.24, 2.45) is 0 Å². The first-order chi connectivity index (χ1) is 7.47. The molecule has 90 valence electrons. The topological polar surface area (TPSA) is 58.2 Å². The second-order valence-corrected chi connectivity index (χ2v) is 5.71. The van der Waals surface area contributed by atoms with Crippen LogP contribution in [-0.4, -0.2) is 21.5 Å². The third-order valence-electron chi connectivity index (χ3n) is 2.23. The lowest BCUT2D eigenvalue weighted by Gasteiger charge is -2.12. The van der Waals surface area contributed by atoms with E-state index in [-0.39, 0.29) is 0 Å². The predicted octanol–water partition coefficient (Wildman–Crippen LogP) is 1.09. The quantitative estimate of drug-likeness (QED) is 0.812. The number of benzene rings is 1. The first-order valence-electron chi connectivity index (χ1n) is 5.22. The molecule has 0 aromatic heterocycles. The van der Waals surface area contributed by atoms with Gasteiger partial charge in [0.15, 0.2) is 0 Å². The number of hydrogen-bond acceptors (Lipinski definition) is 3. The fourth-order valence-electron chi connectivity index (χ4n) is 1.34. The van der Waals surface area contributed by atoms with Crippen molar-refractivity contribution in [2.75, 3.05) is 7.05 Å². The molecule has 0 aliphatic carbocycles. The summed E-state index contributed by atoms with van der Waals surface area (Å²) in [5, 5.41) is 3.21. The Bertz CT molecular complexity index is 441. The van der Waals surface area contributed by atoms with Gasteiger partial charge in [-0.1, -0.05) is 32.0 Å². The van der Waals surface area contributed by atoms with Crippen LogP contribution in [-0.2, 0) is 16.6 Å². The summed E-state index contributed by atoms with van der Waals surface area (Å²) in [5.41, 5.74) is 0.783. The summed E-state index contributed by atoms with van der Waals surface area (Å²) in [4.78, 5) is 0.339. The third kappa shape index (κ3) is 3.30. The standard InChI is InChI=1S/C11H18N2O2S/c1-9(2)13-8-10-6-4-5-7-11(10)16(14,15)12-3/h4-7,9,12-13H,8H2,1-3H3. The van der Waals surface area contributed by atoms with Gasteiger partial charge in [-0.25, -0.2) is 13.1 Å². The van der Waals surface area contributed by atoms with E-state index in [0.717, 1.165) is 5.56 Å². The van der Waals surface area contributed by atoms with Crippen molar-refractivity contribution in [3.8, 4) is 0 Å². The van der Waals surface area contributed by atoms with Crippen molar-refractivity contribution in [2.45, 2.75) is 31.3 Å². The molecule has 0 spiro atoms. The molecule has 16 heavy (non-hydrogen) atoms. The van der Waals surface area contributed by atoms with E-state index in [1.807, 2.05) is 26.0 Å². The van der Waals surface area contributed by atoms with Gasteiger partial charge in [0.05, 0.1) is 4.90 Å². The molecule has 0 saturated heterocycles. The molecule has 0 aliphatic heterocycles. The van der Waals surface area contributed by atoms with Gasteiger partial charge in [-0.2, -0.15) is 0 Å². The van der Waals surface area contributed by atoms with Crippen LogP contribution in [0, 0.1) is 0 Å². The Balaban J connectivity index is 3.01. The SMILES string of the molecule is CNS(=O)(=O)c1ccccc1CNC(C)C. The first kappa shape index (κ1) is 13.2. The summed E-state index contributed by atoms with van der Waals surface area (Å²) >= 11 is 0. The van der Waals surface area contributed by atoms with E-state index >= 15 is 0 Å². The Labute approximate surface area is 97.1 Å². The molecule has 2 N–H and O–H groups in total. The third-order valence-corrected chi connectivity index (χ3v) is 3.75. The minimum absolute atomic E-state index is 0.324. The van der Waals surface area contributed by atoms with Gasteiger partial charge in [-0.3, -0.25) is 0 Å². The zero-order chi connectivity index (χ0) is 12.2. The van der Waals surface area contributed by atoms with E-state index in [0.29, 0.717) is 17.5 Å². The van der Waals surface area contributed by atoms with Gasteiger partial charge in [-0.05, 0) is 18.7 Å². The molecule has 0 saturated carbocycles. The van der Waals surface area contributed by atoms with E-state index in [1.165, 1.54) is 7.05 Å². The van der Waals surface area contributed by atoms with E-state index in [9.17, 15) is 8.42 Å². The average molecular weight is 242 g/mol. The fourth-order valence-corrected chi connectivity index (χ4v) is 2.30. The Morgan fingerprint density at radius 1 is 1.25 bits per heavy atom. The maximum atomic E-state index is 11.7. The number of rotatable bonds is 5. The summed E-state index contributed by atoms with van der Waals surface area (Å²) in [6.45, 7) is 4.60. The summed E-state index contributed by atoms with van der Waals surface area (Å²) in [7, 11) is -1.95. The van der Waals surface area contributed by atoms with Crippen LogP contribution in [0.5, 0.6) is 0 Å². The highest BCUT2D eigenvalue weighted by molar-refractivity contribution is 7.89. The first-order valence-corrected chi connectivity index (χ1v) is 6.70. The Hall–Kier alpha value is -0.910. The van der Waals surface area contributed by atoms with Crippen LogP contribution in [0.1, 0.15) is 19.4 Å². The lowest BCUT2D eigenvalue weighted by Crippen LogP contribution is -2.25. The Kier molecular flexibility index (Phi) is 4.46. The number of sulfonamides is 1. The second kappa shape index (κ2) is 5.43. The van der Waals surface area contributed by atoms with Gasteiger partial charge in [0.25, 0.3) is 0 Å². The number of nitrogens with one attached hydrogen (secondary N) is 2. The van der Waals surface area contributed by atoms with Gasteiger partial charge >= 0.3 is 0 Å². The predicted molar refractivity (Wildman–Crippen MR) is 64.7 cm³/mol. The van der Waals surface area contributed by atoms with Gasteiger partial charge in [0.1, 0.15) is 0 Å². The molecule has 0 radical (unpaired) electrons. The molecule has 0 heterocycles. The van der Waals surface area contributed by atoms with Crippen molar-refractivity contribution >= 4 is 10.0 Å². The molecule has 1 aromatic carbocycles. The Morgan fingerprint density at radius 2 is 1.88 bits per heavy atom. The molecular weight excluding hydrogens is 224 g/mol. The number of hydrogen-bond donors (Lipinski definition) is 2. The summed E-state index contributed by atoms with van der Waals surface area (Å²) in [5.74, 6) is 0. The van der Waals surface area contributed by atoms with Crippen LogP contribution in [0.25, 0.3) is 0 Å². The molecule has 0 aliphatic rings. The van der Waals surface area contributed by atoms with E-state index in [2.05, 4.69) is 10.0 Å². The summed E-state index contributed by atoms with van der Waals surface area (Å²) < 4.78 is 25.8. The Morgan fingerprint density at radius 3 is 2.44 bits per heavy atom. The van der Waals surface area contributed by atoms with Crippen LogP contribution in [0.4, 0.5) is 0 Å². The van der Waals surface area contributed by atoms with Gasteiger partial charge < -0.3 is 5.32 Å². The molecule has 0 bridgehead atoms. The van der Waals surface area contributed by atoms with E-state index in [4.69, 9.17) is 0 Å². The van der Waals surface area contributed by atoms with Gasteiger partial charge in [0, 0.05) is 12.6 Å². The molecule has 1 rings (SSSR count). The average Bonchev–Trinajstić information content (AvgIpc) is 2.26. The van der Waals surface area contributed by atoms with Gasteiger partial charge in [-0.15, -0.1) is 0 Å². The zero-order valence-corrected chi connectivity index (χ0v) is 10.6. The molecule has 1 aromatic rings. The lowest BCUT2D eigenvalue weighted by atomic mass is 10.2. The van der Waals surface area contributed by atoms with Crippen molar-refractivity contribution in [3.05, 3.63) is 29.8 Å². The van der Waals surface area contributed by atoms with Crippen LogP contribution in [0.2, 0.25) is 0 Å². The zero-order valence-electron chi connectivity index (χ0n) is 9.82. The molecular formula is C11H18N2O2S. The molecule has 0 unspecified atom stereocenters. The normalized spacial score (nSPS) is 12.0. The molecule has 0 fully saturated rings. The van der Waals surface area contributed by atoms with Crippen molar-refractivity contribution in [1.82, 2.24) is 10.0 Å². The van der Waals surface area contributed by atoms with Crippen molar-refractivity contribution in [3.63, 3.8) is 0 Å². The van der Waals surface area contributed by atoms with Gasteiger partial charge in [0.2, 0.25) is 10.0 Å². The maximum Gasteiger partial charge on any atom is 0.240 e. The monoisotopic (exact) mass is 242 g/mol. The highest BCUT2D eigenvalue weighted by atomic mass is 32.2. The lowest BCUT2D eigenvalue weighted by molar-refractivity contribution is 0.571. The smallest absolute Gasteiger partial charge is 0.240 e. The van der Waals surface area contributed by atoms with E-state index in [1.54, 1.807) is 12.1 Å². The molecule has 0 amide bonds. The summed E-state index contributed by atoms with van der Waals surface area (Å²) in [6.07, 6.45) is 0. The maximum absolute atomic E-state index is 11.7. The van der Waals surface area contributed by atoms with E-state index < -0.39 is 10.0 Å². The van der Waals surface area contributed by atoms with Crippen LogP contribution in [0.15, 0.2) is 29.2 Å².